The van der Waals surface area contributed by atoms with Crippen LogP contribution in [0.25, 0.3) is 0 Å². The molecule has 1 heterocycles. The third kappa shape index (κ3) is 0.888. The lowest BCUT2D eigenvalue weighted by atomic mass is 10.1. The molecule has 0 aliphatic carbocycles. The molecule has 2 nitrogen and oxygen atoms in total. The predicted octanol–water partition coefficient (Wildman–Crippen LogP) is 1.42. The number of rotatable bonds is 0. The molecule has 1 aliphatic rings. The molecule has 0 amide bonds. The Hall–Kier alpha value is -1.38. The number of hydrogen-bond donors (Lipinski definition) is 1. The van der Waals surface area contributed by atoms with Gasteiger partial charge in [-0.15, -0.1) is 4.48 Å². The van der Waals surface area contributed by atoms with Gasteiger partial charge in [0.05, 0.1) is 6.54 Å². The second kappa shape index (κ2) is 2.34. The van der Waals surface area contributed by atoms with Crippen molar-refractivity contribution in [1.29, 1.82) is 0 Å². The van der Waals surface area contributed by atoms with Gasteiger partial charge in [-0.25, -0.2) is 5.54 Å². The summed E-state index contributed by atoms with van der Waals surface area (Å²) in [6.45, 7) is 0.586. The molecule has 2 rings (SSSR count). The molecule has 1 aliphatic heterocycles. The largest absolute Gasteiger partial charge is 0.261 e. The van der Waals surface area contributed by atoms with Gasteiger partial charge < -0.3 is 0 Å². The maximum absolute atomic E-state index is 12.0. The summed E-state index contributed by atoms with van der Waals surface area (Å²) in [4.78, 5) is 3.95. The zero-order chi connectivity index (χ0) is 7.68. The van der Waals surface area contributed by atoms with E-state index in [1.54, 1.807) is 5.54 Å². The third-order valence-electron chi connectivity index (χ3n) is 1.77. The summed E-state index contributed by atoms with van der Waals surface area (Å²) in [5, 5.41) is 0. The maximum atomic E-state index is 12.0. The lowest BCUT2D eigenvalue weighted by Crippen LogP contribution is -2.12. The fraction of sp³-hybridized carbons (Fsp3) is 0.125. The van der Waals surface area contributed by atoms with Gasteiger partial charge in [-0.2, -0.15) is 0 Å². The normalized spacial score (nSPS) is 14.1. The van der Waals surface area contributed by atoms with Crippen LogP contribution in [0.2, 0.25) is 0 Å². The van der Waals surface area contributed by atoms with Gasteiger partial charge in [-0.3, -0.25) is 4.99 Å². The van der Waals surface area contributed by atoms with E-state index in [1.807, 2.05) is 24.3 Å². The first-order chi connectivity index (χ1) is 5.42. The minimum atomic E-state index is 0.348. The maximum Gasteiger partial charge on any atom is 0.157 e. The van der Waals surface area contributed by atoms with Gasteiger partial charge >= 0.3 is 0 Å². The standard InChI is InChI=1S/C8H7FN2/c9-11-8-7-4-2-1-3-6(7)5-10-8/h1-4H,5H2,(H,10,11). The topological polar surface area (TPSA) is 24.4 Å². The average Bonchev–Trinajstić information content (AvgIpc) is 2.47. The molecular formula is C8H7FN2. The monoisotopic (exact) mass is 150 g/mol. The van der Waals surface area contributed by atoms with Crippen molar-refractivity contribution in [3.05, 3.63) is 35.4 Å². The van der Waals surface area contributed by atoms with Gasteiger partial charge in [-0.05, 0) is 5.56 Å². The van der Waals surface area contributed by atoms with Crippen LogP contribution in [0.1, 0.15) is 11.1 Å². The Morgan fingerprint density at radius 3 is 3.00 bits per heavy atom. The van der Waals surface area contributed by atoms with E-state index in [1.165, 1.54) is 0 Å². The second-order valence-corrected chi connectivity index (χ2v) is 2.42. The first-order valence-electron chi connectivity index (χ1n) is 3.41. The van der Waals surface area contributed by atoms with Crippen LogP contribution in [0.5, 0.6) is 0 Å². The van der Waals surface area contributed by atoms with Crippen LogP contribution in [0.4, 0.5) is 4.48 Å². The molecule has 0 saturated carbocycles. The fourth-order valence-corrected chi connectivity index (χ4v) is 1.22. The van der Waals surface area contributed by atoms with Gasteiger partial charge in [0, 0.05) is 5.56 Å². The average molecular weight is 150 g/mol. The van der Waals surface area contributed by atoms with Crippen molar-refractivity contribution < 1.29 is 4.48 Å². The molecule has 56 valence electrons. The van der Waals surface area contributed by atoms with Gasteiger partial charge in [0.1, 0.15) is 0 Å². The molecule has 0 radical (unpaired) electrons. The first-order valence-corrected chi connectivity index (χ1v) is 3.41. The van der Waals surface area contributed by atoms with E-state index in [2.05, 4.69) is 4.99 Å². The van der Waals surface area contributed by atoms with Gasteiger partial charge in [0.15, 0.2) is 5.84 Å². The second-order valence-electron chi connectivity index (χ2n) is 2.42. The first kappa shape index (κ1) is 6.34. The summed E-state index contributed by atoms with van der Waals surface area (Å²) < 4.78 is 12.0. The fourth-order valence-electron chi connectivity index (χ4n) is 1.22. The lowest BCUT2D eigenvalue weighted by Gasteiger charge is -1.97. The molecule has 1 aromatic rings. The SMILES string of the molecule is FNC1=NCc2ccccc21. The molecule has 0 unspecified atom stereocenters. The Bertz CT molecular complexity index is 307. The molecule has 0 aromatic heterocycles. The molecule has 0 bridgehead atoms. The number of halogens is 1. The van der Waals surface area contributed by atoms with Crippen LogP contribution in [0.15, 0.2) is 29.3 Å². The molecule has 11 heavy (non-hydrogen) atoms. The van der Waals surface area contributed by atoms with E-state index in [0.29, 0.717) is 12.4 Å². The minimum Gasteiger partial charge on any atom is -0.261 e. The zero-order valence-electron chi connectivity index (χ0n) is 5.84. The molecule has 1 N–H and O–H groups in total. The van der Waals surface area contributed by atoms with E-state index < -0.39 is 0 Å². The van der Waals surface area contributed by atoms with Crippen LogP contribution in [-0.2, 0) is 6.54 Å². The summed E-state index contributed by atoms with van der Waals surface area (Å²) in [5.41, 5.74) is 3.52. The molecule has 3 heteroatoms. The van der Waals surface area contributed by atoms with E-state index in [0.717, 1.165) is 11.1 Å². The number of aliphatic imine (C=N–C) groups is 1. The van der Waals surface area contributed by atoms with Crippen LogP contribution >= 0.6 is 0 Å². The van der Waals surface area contributed by atoms with E-state index in [9.17, 15) is 4.48 Å². The molecule has 0 spiro atoms. The Morgan fingerprint density at radius 1 is 1.36 bits per heavy atom. The van der Waals surface area contributed by atoms with Crippen LogP contribution in [0.3, 0.4) is 0 Å². The summed E-state index contributed by atoms with van der Waals surface area (Å²) in [5.74, 6) is 0.348. The lowest BCUT2D eigenvalue weighted by molar-refractivity contribution is 0.434. The Labute approximate surface area is 63.7 Å². The molecule has 1 aromatic carbocycles. The van der Waals surface area contributed by atoms with Crippen molar-refractivity contribution in [3.8, 4) is 0 Å². The van der Waals surface area contributed by atoms with Crippen LogP contribution in [-0.4, -0.2) is 5.84 Å². The molecule has 0 atom stereocenters. The summed E-state index contributed by atoms with van der Waals surface area (Å²) in [6.07, 6.45) is 0. The Kier molecular flexibility index (Phi) is 1.35. The minimum absolute atomic E-state index is 0.348. The van der Waals surface area contributed by atoms with Crippen molar-refractivity contribution in [2.75, 3.05) is 0 Å². The van der Waals surface area contributed by atoms with Crippen LogP contribution in [0, 0.1) is 0 Å². The smallest absolute Gasteiger partial charge is 0.157 e. The van der Waals surface area contributed by atoms with Crippen molar-refractivity contribution >= 4 is 5.84 Å². The third-order valence-corrected chi connectivity index (χ3v) is 1.77. The Morgan fingerprint density at radius 2 is 2.18 bits per heavy atom. The number of benzene rings is 1. The summed E-state index contributed by atoms with van der Waals surface area (Å²) in [6, 6.07) is 7.60. The molecular weight excluding hydrogens is 143 g/mol. The number of fused-ring (bicyclic) bond motifs is 1. The highest BCUT2D eigenvalue weighted by Gasteiger charge is 2.13. The summed E-state index contributed by atoms with van der Waals surface area (Å²) >= 11 is 0. The van der Waals surface area contributed by atoms with Crippen LogP contribution < -0.4 is 5.54 Å². The summed E-state index contributed by atoms with van der Waals surface area (Å²) in [7, 11) is 0. The highest BCUT2D eigenvalue weighted by atomic mass is 19.2. The number of nitrogens with zero attached hydrogens (tertiary/aromatic N) is 1. The number of hydrogen-bond acceptors (Lipinski definition) is 2. The highest BCUT2D eigenvalue weighted by Crippen LogP contribution is 2.16. The van der Waals surface area contributed by atoms with Crippen molar-refractivity contribution in [1.82, 2.24) is 5.54 Å². The van der Waals surface area contributed by atoms with Gasteiger partial charge in [0.2, 0.25) is 0 Å². The van der Waals surface area contributed by atoms with Crippen molar-refractivity contribution in [2.24, 2.45) is 4.99 Å². The van der Waals surface area contributed by atoms with Gasteiger partial charge in [0.25, 0.3) is 0 Å². The van der Waals surface area contributed by atoms with E-state index >= 15 is 0 Å². The van der Waals surface area contributed by atoms with Crippen molar-refractivity contribution in [2.45, 2.75) is 6.54 Å². The predicted molar refractivity (Wildman–Crippen MR) is 40.9 cm³/mol. The van der Waals surface area contributed by atoms with E-state index in [4.69, 9.17) is 0 Å². The highest BCUT2D eigenvalue weighted by molar-refractivity contribution is 6.01. The number of nitrogens with one attached hydrogen (secondary N) is 1. The molecule has 0 saturated heterocycles. The quantitative estimate of drug-likeness (QED) is 0.556. The van der Waals surface area contributed by atoms with Gasteiger partial charge in [-0.1, -0.05) is 24.3 Å². The van der Waals surface area contributed by atoms with E-state index in [-0.39, 0.29) is 0 Å². The Balaban J connectivity index is 2.48. The van der Waals surface area contributed by atoms with Crippen molar-refractivity contribution in [3.63, 3.8) is 0 Å². The number of amidine groups is 1. The zero-order valence-corrected chi connectivity index (χ0v) is 5.84. The molecule has 0 fully saturated rings.